The lowest BCUT2D eigenvalue weighted by Crippen LogP contribution is -2.60. The highest BCUT2D eigenvalue weighted by molar-refractivity contribution is 5.93. The normalized spacial score (nSPS) is 39.6. The van der Waals surface area contributed by atoms with Gasteiger partial charge in [-0.3, -0.25) is 4.90 Å². The fourth-order valence-corrected chi connectivity index (χ4v) is 6.63. The van der Waals surface area contributed by atoms with Crippen molar-refractivity contribution >= 4 is 11.7 Å². The van der Waals surface area contributed by atoms with Crippen molar-refractivity contribution in [1.82, 2.24) is 5.32 Å². The number of amides is 2. The topological polar surface area (TPSA) is 32.3 Å². The molecule has 4 fully saturated rings. The molecule has 24 heavy (non-hydrogen) atoms. The summed E-state index contributed by atoms with van der Waals surface area (Å²) in [6, 6.07) is 8.96. The summed E-state index contributed by atoms with van der Waals surface area (Å²) >= 11 is 0. The maximum atomic E-state index is 13.0. The van der Waals surface area contributed by atoms with E-state index < -0.39 is 0 Å². The molecule has 4 aliphatic carbocycles. The molecule has 2 amide bonds. The van der Waals surface area contributed by atoms with Gasteiger partial charge in [0.05, 0.1) is 0 Å². The van der Waals surface area contributed by atoms with Gasteiger partial charge >= 0.3 is 6.03 Å². The largest absolute Gasteiger partial charge is 0.334 e. The Labute approximate surface area is 144 Å². The highest BCUT2D eigenvalue weighted by Crippen LogP contribution is 2.59. The zero-order valence-electron chi connectivity index (χ0n) is 14.6. The number of benzene rings is 1. The average Bonchev–Trinajstić information content (AvgIpc) is 2.56. The molecular weight excluding hydrogens is 296 g/mol. The Morgan fingerprint density at radius 3 is 2.67 bits per heavy atom. The molecule has 2 atom stereocenters. The van der Waals surface area contributed by atoms with E-state index in [1.54, 1.807) is 0 Å². The third-order valence-corrected chi connectivity index (χ3v) is 7.22. The van der Waals surface area contributed by atoms with Gasteiger partial charge in [0.2, 0.25) is 0 Å². The van der Waals surface area contributed by atoms with Gasteiger partial charge in [0.25, 0.3) is 0 Å². The SMILES string of the molecule is CC12CC3CC(C1)C(NC(=O)N1CCCc4ccccc41)C(C3)C2. The molecule has 4 saturated carbocycles. The predicted molar refractivity (Wildman–Crippen MR) is 96.1 cm³/mol. The monoisotopic (exact) mass is 324 g/mol. The smallest absolute Gasteiger partial charge is 0.322 e. The van der Waals surface area contributed by atoms with E-state index in [4.69, 9.17) is 0 Å². The minimum atomic E-state index is 0.143. The molecule has 0 radical (unpaired) electrons. The molecular formula is C21H28N2O. The van der Waals surface area contributed by atoms with Crippen LogP contribution in [0.25, 0.3) is 0 Å². The lowest BCUT2D eigenvalue weighted by atomic mass is 9.48. The number of carbonyl (C=O) groups excluding carboxylic acids is 1. The zero-order chi connectivity index (χ0) is 16.3. The van der Waals surface area contributed by atoms with Crippen molar-refractivity contribution in [1.29, 1.82) is 0 Å². The fourth-order valence-electron chi connectivity index (χ4n) is 6.63. The van der Waals surface area contributed by atoms with Crippen LogP contribution in [0, 0.1) is 23.2 Å². The average molecular weight is 324 g/mol. The Morgan fingerprint density at radius 1 is 1.17 bits per heavy atom. The van der Waals surface area contributed by atoms with Crippen molar-refractivity contribution in [2.24, 2.45) is 23.2 Å². The number of nitrogens with zero attached hydrogens (tertiary/aromatic N) is 1. The fraction of sp³-hybridized carbons (Fsp3) is 0.667. The Balaban J connectivity index is 1.35. The van der Waals surface area contributed by atoms with Crippen molar-refractivity contribution in [2.75, 3.05) is 11.4 Å². The highest BCUT2D eigenvalue weighted by atomic mass is 16.2. The second kappa shape index (κ2) is 5.24. The van der Waals surface area contributed by atoms with Gasteiger partial charge in [0.1, 0.15) is 0 Å². The third-order valence-electron chi connectivity index (χ3n) is 7.22. The maximum Gasteiger partial charge on any atom is 0.322 e. The molecule has 4 bridgehead atoms. The van der Waals surface area contributed by atoms with E-state index >= 15 is 0 Å². The summed E-state index contributed by atoms with van der Waals surface area (Å²) in [5, 5.41) is 3.48. The number of fused-ring (bicyclic) bond motifs is 1. The summed E-state index contributed by atoms with van der Waals surface area (Å²) in [6.45, 7) is 3.34. The second-order valence-electron chi connectivity index (χ2n) is 9.14. The Bertz CT molecular complexity index is 654. The first-order valence-corrected chi connectivity index (χ1v) is 9.77. The van der Waals surface area contributed by atoms with Crippen LogP contribution in [-0.4, -0.2) is 18.6 Å². The first-order valence-electron chi connectivity index (χ1n) is 9.77. The summed E-state index contributed by atoms with van der Waals surface area (Å²) in [5.41, 5.74) is 3.00. The van der Waals surface area contributed by atoms with Crippen LogP contribution in [0.2, 0.25) is 0 Å². The first kappa shape index (κ1) is 14.8. The molecule has 5 aliphatic rings. The Hall–Kier alpha value is -1.51. The molecule has 3 heteroatoms. The number of hydrogen-bond donors (Lipinski definition) is 1. The highest BCUT2D eigenvalue weighted by Gasteiger charge is 2.53. The van der Waals surface area contributed by atoms with Crippen LogP contribution in [0.1, 0.15) is 51.0 Å². The molecule has 2 unspecified atom stereocenters. The quantitative estimate of drug-likeness (QED) is 0.817. The van der Waals surface area contributed by atoms with Crippen LogP contribution in [0.15, 0.2) is 24.3 Å². The van der Waals surface area contributed by atoms with Gasteiger partial charge in [-0.15, -0.1) is 0 Å². The minimum Gasteiger partial charge on any atom is -0.334 e. The minimum absolute atomic E-state index is 0.143. The van der Waals surface area contributed by atoms with Gasteiger partial charge < -0.3 is 5.32 Å². The van der Waals surface area contributed by atoms with Crippen LogP contribution in [-0.2, 0) is 6.42 Å². The standard InChI is InChI=1S/C21H28N2O/c1-21-11-14-9-16(12-21)19(17(10-14)13-21)22-20(24)23-8-4-6-15-5-2-3-7-18(15)23/h2-3,5,7,14,16-17,19H,4,6,8-13H2,1H3,(H,22,24). The first-order chi connectivity index (χ1) is 11.6. The molecule has 1 N–H and O–H groups in total. The number of anilines is 1. The number of aryl methyl sites for hydroxylation is 1. The Morgan fingerprint density at radius 2 is 1.92 bits per heavy atom. The molecule has 6 rings (SSSR count). The van der Waals surface area contributed by atoms with E-state index in [2.05, 4.69) is 30.4 Å². The molecule has 1 aliphatic heterocycles. The van der Waals surface area contributed by atoms with Crippen LogP contribution in [0.4, 0.5) is 10.5 Å². The van der Waals surface area contributed by atoms with Gasteiger partial charge in [-0.25, -0.2) is 4.79 Å². The third kappa shape index (κ3) is 2.28. The molecule has 0 aromatic heterocycles. The second-order valence-corrected chi connectivity index (χ2v) is 9.14. The molecule has 1 heterocycles. The number of nitrogens with one attached hydrogen (secondary N) is 1. The number of para-hydroxylation sites is 1. The number of urea groups is 1. The predicted octanol–water partition coefficient (Wildman–Crippen LogP) is 4.36. The summed E-state index contributed by atoms with van der Waals surface area (Å²) in [7, 11) is 0. The summed E-state index contributed by atoms with van der Waals surface area (Å²) in [4.78, 5) is 15.0. The summed E-state index contributed by atoms with van der Waals surface area (Å²) in [6.07, 6.45) is 8.92. The zero-order valence-corrected chi connectivity index (χ0v) is 14.6. The van der Waals surface area contributed by atoms with E-state index in [-0.39, 0.29) is 6.03 Å². The molecule has 0 saturated heterocycles. The Kier molecular flexibility index (Phi) is 3.23. The van der Waals surface area contributed by atoms with E-state index in [9.17, 15) is 4.79 Å². The van der Waals surface area contributed by atoms with Crippen LogP contribution in [0.3, 0.4) is 0 Å². The van der Waals surface area contributed by atoms with Gasteiger partial charge in [-0.1, -0.05) is 25.1 Å². The van der Waals surface area contributed by atoms with Crippen molar-refractivity contribution in [3.8, 4) is 0 Å². The van der Waals surface area contributed by atoms with E-state index in [1.807, 2.05) is 11.0 Å². The van der Waals surface area contributed by atoms with Crippen LogP contribution >= 0.6 is 0 Å². The molecule has 128 valence electrons. The number of hydrogen-bond acceptors (Lipinski definition) is 1. The van der Waals surface area contributed by atoms with Crippen LogP contribution < -0.4 is 10.2 Å². The lowest BCUT2D eigenvalue weighted by molar-refractivity contribution is -0.0629. The van der Waals surface area contributed by atoms with Gasteiger partial charge in [-0.2, -0.15) is 0 Å². The lowest BCUT2D eigenvalue weighted by Gasteiger charge is -2.59. The maximum absolute atomic E-state index is 13.0. The van der Waals surface area contributed by atoms with Gasteiger partial charge in [0.15, 0.2) is 0 Å². The molecule has 1 aromatic carbocycles. The number of carbonyl (C=O) groups is 1. The van der Waals surface area contributed by atoms with Crippen molar-refractivity contribution in [3.05, 3.63) is 29.8 Å². The summed E-state index contributed by atoms with van der Waals surface area (Å²) < 4.78 is 0. The van der Waals surface area contributed by atoms with Crippen molar-refractivity contribution in [3.63, 3.8) is 0 Å². The van der Waals surface area contributed by atoms with Crippen molar-refractivity contribution < 1.29 is 4.79 Å². The van der Waals surface area contributed by atoms with Crippen molar-refractivity contribution in [2.45, 2.75) is 57.9 Å². The van der Waals surface area contributed by atoms with Gasteiger partial charge in [-0.05, 0) is 79.7 Å². The molecule has 1 aromatic rings. The van der Waals surface area contributed by atoms with Gasteiger partial charge in [0, 0.05) is 18.3 Å². The van der Waals surface area contributed by atoms with E-state index in [1.165, 1.54) is 37.7 Å². The molecule has 0 spiro atoms. The summed E-state index contributed by atoms with van der Waals surface area (Å²) in [5.74, 6) is 2.35. The number of rotatable bonds is 1. The van der Waals surface area contributed by atoms with E-state index in [0.717, 1.165) is 31.0 Å². The molecule has 3 nitrogen and oxygen atoms in total. The van der Waals surface area contributed by atoms with Crippen LogP contribution in [0.5, 0.6) is 0 Å². The van der Waals surface area contributed by atoms with E-state index in [0.29, 0.717) is 23.3 Å².